The van der Waals surface area contributed by atoms with Gasteiger partial charge in [-0.3, -0.25) is 4.98 Å². The molecule has 0 aliphatic heterocycles. The molecule has 0 spiro atoms. The predicted octanol–water partition coefficient (Wildman–Crippen LogP) is 4.42. The van der Waals surface area contributed by atoms with Crippen LogP contribution in [0.5, 0.6) is 0 Å². The van der Waals surface area contributed by atoms with Gasteiger partial charge in [0.25, 0.3) is 0 Å². The third-order valence-corrected chi connectivity index (χ3v) is 3.52. The maximum atomic E-state index is 13.7. The van der Waals surface area contributed by atoms with Gasteiger partial charge in [0, 0.05) is 17.6 Å². The van der Waals surface area contributed by atoms with Crippen LogP contribution in [0.1, 0.15) is 12.5 Å². The topological polar surface area (TPSA) is 24.9 Å². The number of fused-ring (bicyclic) bond motifs is 1. The molecule has 0 saturated carbocycles. The summed E-state index contributed by atoms with van der Waals surface area (Å²) in [6.45, 7) is 2.05. The van der Waals surface area contributed by atoms with Crippen molar-refractivity contribution >= 4 is 16.6 Å². The fourth-order valence-corrected chi connectivity index (χ4v) is 2.53. The maximum Gasteiger partial charge on any atom is 0.126 e. The summed E-state index contributed by atoms with van der Waals surface area (Å²) < 4.78 is 13.7. The fraction of sp³-hybridized carbons (Fsp3) is 0.167. The standard InChI is InChI=1S/C18H17FN2/c1-13(12-15-6-2-3-9-16(15)19)21-17-10-4-7-14-8-5-11-20-18(14)17/h2-11,13,21H,12H2,1H3. The molecule has 0 aliphatic carbocycles. The first-order valence-electron chi connectivity index (χ1n) is 7.08. The average Bonchev–Trinajstić information content (AvgIpc) is 2.50. The highest BCUT2D eigenvalue weighted by atomic mass is 19.1. The van der Waals surface area contributed by atoms with Crippen LogP contribution < -0.4 is 5.32 Å². The minimum absolute atomic E-state index is 0.120. The number of para-hydroxylation sites is 1. The van der Waals surface area contributed by atoms with E-state index in [0.717, 1.165) is 22.2 Å². The molecule has 1 heterocycles. The van der Waals surface area contributed by atoms with E-state index in [1.807, 2.05) is 49.4 Å². The summed E-state index contributed by atoms with van der Waals surface area (Å²) in [6, 6.07) is 17.0. The Morgan fingerprint density at radius 3 is 2.71 bits per heavy atom. The Kier molecular flexibility index (Phi) is 3.82. The number of nitrogens with one attached hydrogen (secondary N) is 1. The minimum atomic E-state index is -0.151. The molecule has 3 aromatic rings. The molecule has 2 nitrogen and oxygen atoms in total. The highest BCUT2D eigenvalue weighted by Crippen LogP contribution is 2.22. The Labute approximate surface area is 123 Å². The van der Waals surface area contributed by atoms with Gasteiger partial charge in [-0.1, -0.05) is 36.4 Å². The molecule has 1 unspecified atom stereocenters. The number of nitrogens with zero attached hydrogens (tertiary/aromatic N) is 1. The molecule has 106 valence electrons. The van der Waals surface area contributed by atoms with Crippen LogP contribution in [-0.4, -0.2) is 11.0 Å². The number of hydrogen-bond donors (Lipinski definition) is 1. The van der Waals surface area contributed by atoms with Gasteiger partial charge in [0.15, 0.2) is 0 Å². The van der Waals surface area contributed by atoms with E-state index in [-0.39, 0.29) is 11.9 Å². The van der Waals surface area contributed by atoms with Gasteiger partial charge in [0.05, 0.1) is 11.2 Å². The summed E-state index contributed by atoms with van der Waals surface area (Å²) >= 11 is 0. The molecular weight excluding hydrogens is 263 g/mol. The summed E-state index contributed by atoms with van der Waals surface area (Å²) in [6.07, 6.45) is 2.42. The zero-order valence-corrected chi connectivity index (χ0v) is 11.9. The van der Waals surface area contributed by atoms with Crippen LogP contribution in [0.25, 0.3) is 10.9 Å². The molecule has 1 N–H and O–H groups in total. The number of pyridine rings is 1. The summed E-state index contributed by atoms with van der Waals surface area (Å²) in [5, 5.41) is 4.53. The lowest BCUT2D eigenvalue weighted by Gasteiger charge is -2.17. The Hall–Kier alpha value is -2.42. The molecule has 3 heteroatoms. The first-order chi connectivity index (χ1) is 10.2. The van der Waals surface area contributed by atoms with Crippen molar-refractivity contribution in [3.63, 3.8) is 0 Å². The van der Waals surface area contributed by atoms with Crippen molar-refractivity contribution in [2.45, 2.75) is 19.4 Å². The highest BCUT2D eigenvalue weighted by molar-refractivity contribution is 5.90. The van der Waals surface area contributed by atoms with E-state index in [4.69, 9.17) is 0 Å². The van der Waals surface area contributed by atoms with Gasteiger partial charge in [-0.15, -0.1) is 0 Å². The van der Waals surface area contributed by atoms with E-state index in [9.17, 15) is 4.39 Å². The molecule has 0 fully saturated rings. The van der Waals surface area contributed by atoms with Crippen molar-refractivity contribution in [3.05, 3.63) is 72.2 Å². The van der Waals surface area contributed by atoms with Gasteiger partial charge in [-0.05, 0) is 37.1 Å². The molecule has 0 saturated heterocycles. The molecule has 1 atom stereocenters. The van der Waals surface area contributed by atoms with E-state index in [1.165, 1.54) is 6.07 Å². The average molecular weight is 280 g/mol. The number of anilines is 1. The Balaban J connectivity index is 1.81. The van der Waals surface area contributed by atoms with Crippen LogP contribution in [0.15, 0.2) is 60.8 Å². The van der Waals surface area contributed by atoms with E-state index >= 15 is 0 Å². The number of halogens is 1. The second kappa shape index (κ2) is 5.92. The van der Waals surface area contributed by atoms with Gasteiger partial charge in [0.1, 0.15) is 5.82 Å². The molecule has 1 aromatic heterocycles. The molecule has 21 heavy (non-hydrogen) atoms. The van der Waals surface area contributed by atoms with Crippen molar-refractivity contribution in [2.75, 3.05) is 5.32 Å². The van der Waals surface area contributed by atoms with E-state index in [1.54, 1.807) is 12.3 Å². The van der Waals surface area contributed by atoms with Crippen LogP contribution in [0.3, 0.4) is 0 Å². The normalized spacial score (nSPS) is 12.3. The Bertz CT molecular complexity index is 750. The Morgan fingerprint density at radius 1 is 1.05 bits per heavy atom. The molecule has 2 aromatic carbocycles. The lowest BCUT2D eigenvalue weighted by atomic mass is 10.1. The van der Waals surface area contributed by atoms with Crippen LogP contribution in [0, 0.1) is 5.82 Å². The summed E-state index contributed by atoms with van der Waals surface area (Å²) in [5.41, 5.74) is 2.66. The molecule has 3 rings (SSSR count). The van der Waals surface area contributed by atoms with Crippen LogP contribution in [-0.2, 0) is 6.42 Å². The van der Waals surface area contributed by atoms with Gasteiger partial charge >= 0.3 is 0 Å². The third-order valence-electron chi connectivity index (χ3n) is 3.52. The molecular formula is C18H17FN2. The second-order valence-electron chi connectivity index (χ2n) is 5.22. The summed E-state index contributed by atoms with van der Waals surface area (Å²) in [5.74, 6) is -0.151. The van der Waals surface area contributed by atoms with Crippen molar-refractivity contribution in [1.29, 1.82) is 0 Å². The Morgan fingerprint density at radius 2 is 1.86 bits per heavy atom. The second-order valence-corrected chi connectivity index (χ2v) is 5.22. The lowest BCUT2D eigenvalue weighted by Crippen LogP contribution is -2.19. The fourth-order valence-electron chi connectivity index (χ4n) is 2.53. The first kappa shape index (κ1) is 13.6. The van der Waals surface area contributed by atoms with Crippen LogP contribution >= 0.6 is 0 Å². The van der Waals surface area contributed by atoms with Crippen LogP contribution in [0.2, 0.25) is 0 Å². The zero-order chi connectivity index (χ0) is 14.7. The van der Waals surface area contributed by atoms with Crippen molar-refractivity contribution in [1.82, 2.24) is 4.98 Å². The monoisotopic (exact) mass is 280 g/mol. The zero-order valence-electron chi connectivity index (χ0n) is 11.9. The lowest BCUT2D eigenvalue weighted by molar-refractivity contribution is 0.601. The summed E-state index contributed by atoms with van der Waals surface area (Å²) in [7, 11) is 0. The van der Waals surface area contributed by atoms with E-state index in [2.05, 4.69) is 10.3 Å². The first-order valence-corrected chi connectivity index (χ1v) is 7.08. The van der Waals surface area contributed by atoms with Crippen LogP contribution in [0.4, 0.5) is 10.1 Å². The summed E-state index contributed by atoms with van der Waals surface area (Å²) in [4.78, 5) is 4.42. The van der Waals surface area contributed by atoms with Crippen molar-refractivity contribution < 1.29 is 4.39 Å². The third kappa shape index (κ3) is 3.02. The number of hydrogen-bond acceptors (Lipinski definition) is 2. The van der Waals surface area contributed by atoms with E-state index < -0.39 is 0 Å². The number of aromatic nitrogens is 1. The van der Waals surface area contributed by atoms with Gasteiger partial charge < -0.3 is 5.32 Å². The van der Waals surface area contributed by atoms with Gasteiger partial charge in [-0.25, -0.2) is 4.39 Å². The highest BCUT2D eigenvalue weighted by Gasteiger charge is 2.09. The molecule has 0 bridgehead atoms. The SMILES string of the molecule is CC(Cc1ccccc1F)Nc1cccc2cccnc12. The molecule has 0 radical (unpaired) electrons. The number of benzene rings is 2. The van der Waals surface area contributed by atoms with Gasteiger partial charge in [0.2, 0.25) is 0 Å². The van der Waals surface area contributed by atoms with Crippen molar-refractivity contribution in [3.8, 4) is 0 Å². The molecule has 0 amide bonds. The van der Waals surface area contributed by atoms with E-state index in [0.29, 0.717) is 6.42 Å². The predicted molar refractivity (Wildman–Crippen MR) is 84.9 cm³/mol. The van der Waals surface area contributed by atoms with Gasteiger partial charge in [-0.2, -0.15) is 0 Å². The largest absolute Gasteiger partial charge is 0.380 e. The molecule has 0 aliphatic rings. The maximum absolute atomic E-state index is 13.7. The number of rotatable bonds is 4. The minimum Gasteiger partial charge on any atom is -0.380 e. The smallest absolute Gasteiger partial charge is 0.126 e. The van der Waals surface area contributed by atoms with Crippen molar-refractivity contribution in [2.24, 2.45) is 0 Å². The quantitative estimate of drug-likeness (QED) is 0.765.